The van der Waals surface area contributed by atoms with Gasteiger partial charge in [0.05, 0.1) is 11.4 Å². The molecule has 34 heavy (non-hydrogen) atoms. The topological polar surface area (TPSA) is 57.0 Å². The van der Waals surface area contributed by atoms with Gasteiger partial charge in [-0.1, -0.05) is 24.3 Å². The highest BCUT2D eigenvalue weighted by Crippen LogP contribution is 2.31. The highest BCUT2D eigenvalue weighted by atomic mass is 32.1. The van der Waals surface area contributed by atoms with Crippen LogP contribution in [0, 0.1) is 13.8 Å². The standard InChI is InChI=1S/C27H27N3O3S/c1-5-28(6-2)24-15-14-22(33-24)17-23-25(31)29(20-10-8-7-9-11-20)27(34)30(26(23)32)21-13-12-18(3)19(4)16-21/h7-17H,5-6H2,1-4H3. The summed E-state index contributed by atoms with van der Waals surface area (Å²) >= 11 is 5.68. The van der Waals surface area contributed by atoms with Crippen LogP contribution in [0.4, 0.5) is 17.3 Å². The van der Waals surface area contributed by atoms with Gasteiger partial charge in [-0.25, -0.2) is 0 Å². The fraction of sp³-hybridized carbons (Fsp3) is 0.222. The molecule has 1 fully saturated rings. The summed E-state index contributed by atoms with van der Waals surface area (Å²) in [6.45, 7) is 9.63. The van der Waals surface area contributed by atoms with Crippen LogP contribution < -0.4 is 14.7 Å². The summed E-state index contributed by atoms with van der Waals surface area (Å²) in [4.78, 5) is 32.1. The number of carbonyl (C=O) groups is 2. The third-order valence-electron chi connectivity index (χ3n) is 5.99. The first-order chi connectivity index (χ1) is 16.3. The lowest BCUT2D eigenvalue weighted by molar-refractivity contribution is -0.120. The van der Waals surface area contributed by atoms with Crippen molar-refractivity contribution in [2.75, 3.05) is 27.8 Å². The van der Waals surface area contributed by atoms with Gasteiger partial charge in [0.2, 0.25) is 0 Å². The number of hydrogen-bond acceptors (Lipinski definition) is 5. The Labute approximate surface area is 205 Å². The van der Waals surface area contributed by atoms with Gasteiger partial charge in [0, 0.05) is 19.2 Å². The van der Waals surface area contributed by atoms with Gasteiger partial charge < -0.3 is 9.32 Å². The zero-order valence-electron chi connectivity index (χ0n) is 19.7. The summed E-state index contributed by atoms with van der Waals surface area (Å²) in [6, 6.07) is 18.4. The van der Waals surface area contributed by atoms with Crippen molar-refractivity contribution in [3.05, 3.63) is 83.1 Å². The average molecular weight is 474 g/mol. The molecule has 4 rings (SSSR count). The molecule has 2 aromatic carbocycles. The molecule has 0 unspecified atom stereocenters. The van der Waals surface area contributed by atoms with Crippen molar-refractivity contribution in [3.63, 3.8) is 0 Å². The minimum atomic E-state index is -0.484. The van der Waals surface area contributed by atoms with Crippen molar-refractivity contribution >= 4 is 52.5 Å². The van der Waals surface area contributed by atoms with Crippen LogP contribution in [0.2, 0.25) is 0 Å². The molecule has 1 aliphatic heterocycles. The molecule has 0 atom stereocenters. The molecular formula is C27H27N3O3S. The van der Waals surface area contributed by atoms with Crippen LogP contribution >= 0.6 is 12.2 Å². The molecule has 1 aromatic heterocycles. The molecule has 7 heteroatoms. The molecule has 0 radical (unpaired) electrons. The molecular weight excluding hydrogens is 446 g/mol. The van der Waals surface area contributed by atoms with Crippen LogP contribution in [0.25, 0.3) is 6.08 Å². The summed E-state index contributed by atoms with van der Waals surface area (Å²) in [5, 5.41) is 0.116. The monoisotopic (exact) mass is 473 g/mol. The van der Waals surface area contributed by atoms with E-state index in [1.165, 1.54) is 15.9 Å². The first-order valence-electron chi connectivity index (χ1n) is 11.3. The van der Waals surface area contributed by atoms with Crippen LogP contribution in [-0.4, -0.2) is 30.0 Å². The molecule has 2 amide bonds. The fourth-order valence-electron chi connectivity index (χ4n) is 3.89. The second-order valence-corrected chi connectivity index (χ2v) is 8.44. The van der Waals surface area contributed by atoms with Crippen molar-refractivity contribution in [3.8, 4) is 0 Å². The first kappa shape index (κ1) is 23.4. The number of hydrogen-bond donors (Lipinski definition) is 0. The quantitative estimate of drug-likeness (QED) is 0.269. The Morgan fingerprint density at radius 3 is 2.12 bits per heavy atom. The normalized spacial score (nSPS) is 15.4. The SMILES string of the molecule is CCN(CC)c1ccc(C=C2C(=O)N(c3ccccc3)C(=S)N(c3ccc(C)c(C)c3)C2=O)o1. The number of amides is 2. The van der Waals surface area contributed by atoms with Crippen LogP contribution in [-0.2, 0) is 9.59 Å². The van der Waals surface area contributed by atoms with E-state index in [0.717, 1.165) is 24.2 Å². The summed E-state index contributed by atoms with van der Waals surface area (Å²) in [5.74, 6) is 0.154. The molecule has 1 aliphatic rings. The van der Waals surface area contributed by atoms with Crippen molar-refractivity contribution in [1.82, 2.24) is 0 Å². The Balaban J connectivity index is 1.82. The zero-order valence-corrected chi connectivity index (χ0v) is 20.6. The summed E-state index contributed by atoms with van der Waals surface area (Å²) in [7, 11) is 0. The minimum absolute atomic E-state index is 0.0175. The van der Waals surface area contributed by atoms with Crippen LogP contribution in [0.3, 0.4) is 0 Å². The molecule has 0 bridgehead atoms. The van der Waals surface area contributed by atoms with E-state index in [1.807, 2.05) is 70.2 Å². The smallest absolute Gasteiger partial charge is 0.270 e. The maximum Gasteiger partial charge on any atom is 0.270 e. The lowest BCUT2D eigenvalue weighted by Gasteiger charge is -2.36. The Kier molecular flexibility index (Phi) is 6.65. The van der Waals surface area contributed by atoms with E-state index < -0.39 is 11.8 Å². The Hall–Kier alpha value is -3.71. The van der Waals surface area contributed by atoms with Gasteiger partial charge in [-0.3, -0.25) is 19.4 Å². The molecule has 3 aromatic rings. The number of benzene rings is 2. The van der Waals surface area contributed by atoms with E-state index in [1.54, 1.807) is 18.2 Å². The van der Waals surface area contributed by atoms with E-state index in [9.17, 15) is 9.59 Å². The number of rotatable bonds is 6. The van der Waals surface area contributed by atoms with E-state index in [4.69, 9.17) is 16.6 Å². The summed E-state index contributed by atoms with van der Waals surface area (Å²) in [6.07, 6.45) is 1.50. The number of thiocarbonyl (C=S) groups is 1. The van der Waals surface area contributed by atoms with E-state index in [0.29, 0.717) is 23.0 Å². The van der Waals surface area contributed by atoms with Crippen molar-refractivity contribution in [2.24, 2.45) is 0 Å². The Morgan fingerprint density at radius 1 is 0.853 bits per heavy atom. The molecule has 0 spiro atoms. The van der Waals surface area contributed by atoms with E-state index in [2.05, 4.69) is 4.90 Å². The van der Waals surface area contributed by atoms with E-state index in [-0.39, 0.29) is 10.7 Å². The summed E-state index contributed by atoms with van der Waals surface area (Å²) < 4.78 is 5.95. The Morgan fingerprint density at radius 2 is 1.50 bits per heavy atom. The van der Waals surface area contributed by atoms with E-state index >= 15 is 0 Å². The van der Waals surface area contributed by atoms with Crippen LogP contribution in [0.1, 0.15) is 30.7 Å². The van der Waals surface area contributed by atoms with Crippen molar-refractivity contribution in [1.29, 1.82) is 0 Å². The minimum Gasteiger partial charge on any atom is -0.441 e. The number of nitrogens with zero attached hydrogens (tertiary/aromatic N) is 3. The molecule has 2 heterocycles. The lowest BCUT2D eigenvalue weighted by Crippen LogP contribution is -2.57. The maximum atomic E-state index is 13.6. The van der Waals surface area contributed by atoms with Gasteiger partial charge in [0.25, 0.3) is 11.8 Å². The van der Waals surface area contributed by atoms with Gasteiger partial charge in [0.15, 0.2) is 11.0 Å². The number of anilines is 3. The van der Waals surface area contributed by atoms with Gasteiger partial charge in [-0.15, -0.1) is 0 Å². The number of aryl methyl sites for hydroxylation is 2. The lowest BCUT2D eigenvalue weighted by atomic mass is 10.1. The predicted molar refractivity (Wildman–Crippen MR) is 140 cm³/mol. The second kappa shape index (κ2) is 9.65. The van der Waals surface area contributed by atoms with Gasteiger partial charge in [0.1, 0.15) is 11.3 Å². The molecule has 0 saturated carbocycles. The number of para-hydroxylation sites is 1. The maximum absolute atomic E-state index is 13.6. The molecule has 174 valence electrons. The van der Waals surface area contributed by atoms with Gasteiger partial charge >= 0.3 is 0 Å². The third kappa shape index (κ3) is 4.26. The molecule has 1 saturated heterocycles. The van der Waals surface area contributed by atoms with Crippen LogP contribution in [0.5, 0.6) is 0 Å². The first-order valence-corrected chi connectivity index (χ1v) is 11.7. The predicted octanol–water partition coefficient (Wildman–Crippen LogP) is 5.49. The molecule has 0 N–H and O–H groups in total. The highest BCUT2D eigenvalue weighted by Gasteiger charge is 2.41. The van der Waals surface area contributed by atoms with Gasteiger partial charge in [-0.05, 0) is 87.4 Å². The van der Waals surface area contributed by atoms with Crippen LogP contribution in [0.15, 0.2) is 70.7 Å². The number of carbonyl (C=O) groups excluding carboxylic acids is 2. The average Bonchev–Trinajstić information content (AvgIpc) is 3.29. The molecule has 6 nitrogen and oxygen atoms in total. The summed E-state index contributed by atoms with van der Waals surface area (Å²) in [5.41, 5.74) is 3.31. The zero-order chi connectivity index (χ0) is 24.4. The van der Waals surface area contributed by atoms with Gasteiger partial charge in [-0.2, -0.15) is 0 Å². The molecule has 0 aliphatic carbocycles. The second-order valence-electron chi connectivity index (χ2n) is 8.07. The highest BCUT2D eigenvalue weighted by molar-refractivity contribution is 7.81. The van der Waals surface area contributed by atoms with Crippen molar-refractivity contribution < 1.29 is 14.0 Å². The third-order valence-corrected chi connectivity index (χ3v) is 6.35. The Bertz CT molecular complexity index is 1280. The van der Waals surface area contributed by atoms with Crippen molar-refractivity contribution in [2.45, 2.75) is 27.7 Å². The number of furan rings is 1. The largest absolute Gasteiger partial charge is 0.441 e. The fourth-order valence-corrected chi connectivity index (χ4v) is 4.27.